The number of nitrogens with one attached hydrogen (secondary N) is 1. The average Bonchev–Trinajstić information content (AvgIpc) is 2.67. The number of ether oxygens (including phenoxy) is 1. The van der Waals surface area contributed by atoms with Crippen LogP contribution in [-0.4, -0.2) is 29.4 Å². The molecular weight excluding hydrogens is 369 g/mol. The first kappa shape index (κ1) is 22.6. The van der Waals surface area contributed by atoms with E-state index in [0.717, 1.165) is 11.1 Å². The van der Waals surface area contributed by atoms with E-state index < -0.39 is 29.5 Å². The number of halogens is 1. The van der Waals surface area contributed by atoms with Gasteiger partial charge in [-0.05, 0) is 50.8 Å². The molecule has 29 heavy (non-hydrogen) atoms. The number of rotatable bonds is 8. The van der Waals surface area contributed by atoms with Gasteiger partial charge in [-0.2, -0.15) is 0 Å². The fourth-order valence-corrected chi connectivity index (χ4v) is 2.95. The maximum atomic E-state index is 15.2. The number of hydrogen-bond acceptors (Lipinski definition) is 3. The van der Waals surface area contributed by atoms with Crippen molar-refractivity contribution >= 4 is 6.09 Å². The Bertz CT molecular complexity index is 785. The van der Waals surface area contributed by atoms with Gasteiger partial charge in [-0.3, -0.25) is 0 Å². The van der Waals surface area contributed by atoms with E-state index in [9.17, 15) is 9.90 Å². The van der Waals surface area contributed by atoms with Crippen LogP contribution < -0.4 is 5.32 Å². The predicted molar refractivity (Wildman–Crippen MR) is 113 cm³/mol. The maximum Gasteiger partial charge on any atom is 0.408 e. The molecule has 2 rings (SSSR count). The van der Waals surface area contributed by atoms with E-state index in [1.54, 1.807) is 20.8 Å². The normalized spacial score (nSPS) is 14.2. The van der Waals surface area contributed by atoms with Crippen LogP contribution in [0, 0.1) is 5.92 Å². The SMILES string of the molecule is CC(C)(C)OC(=O)NC(Cc1ccccc1)/C(F)=C\C(CO)Cc1ccccc1. The van der Waals surface area contributed by atoms with E-state index in [4.69, 9.17) is 4.74 Å². The second-order valence-electron chi connectivity index (χ2n) is 8.07. The zero-order valence-electron chi connectivity index (χ0n) is 17.3. The van der Waals surface area contributed by atoms with E-state index in [2.05, 4.69) is 5.32 Å². The van der Waals surface area contributed by atoms with Gasteiger partial charge in [0, 0.05) is 12.5 Å². The smallest absolute Gasteiger partial charge is 0.408 e. The van der Waals surface area contributed by atoms with Gasteiger partial charge in [-0.1, -0.05) is 60.7 Å². The van der Waals surface area contributed by atoms with Gasteiger partial charge in [0.15, 0.2) is 0 Å². The van der Waals surface area contributed by atoms with Crippen molar-refractivity contribution in [2.24, 2.45) is 5.92 Å². The van der Waals surface area contributed by atoms with Crippen LogP contribution in [0.2, 0.25) is 0 Å². The van der Waals surface area contributed by atoms with E-state index in [1.807, 2.05) is 60.7 Å². The monoisotopic (exact) mass is 399 g/mol. The third-order valence-corrected chi connectivity index (χ3v) is 4.28. The minimum Gasteiger partial charge on any atom is -0.444 e. The molecule has 2 aromatic carbocycles. The van der Waals surface area contributed by atoms with Crippen molar-refractivity contribution in [1.82, 2.24) is 5.32 Å². The van der Waals surface area contributed by atoms with Crippen LogP contribution in [0.5, 0.6) is 0 Å². The summed E-state index contributed by atoms with van der Waals surface area (Å²) < 4.78 is 20.5. The van der Waals surface area contributed by atoms with Gasteiger partial charge in [0.05, 0.1) is 6.04 Å². The second-order valence-corrected chi connectivity index (χ2v) is 8.07. The molecule has 156 valence electrons. The van der Waals surface area contributed by atoms with E-state index in [-0.39, 0.29) is 13.0 Å². The molecule has 0 spiro atoms. The highest BCUT2D eigenvalue weighted by atomic mass is 19.1. The molecule has 5 heteroatoms. The quantitative estimate of drug-likeness (QED) is 0.669. The number of benzene rings is 2. The minimum atomic E-state index is -0.878. The standard InChI is InChI=1S/C24H30FNO3/c1-24(2,3)29-23(28)26-22(16-19-12-8-5-9-13-19)21(25)15-20(17-27)14-18-10-6-4-7-11-18/h4-13,15,20,22,27H,14,16-17H2,1-3H3,(H,26,28)/b21-15+. The van der Waals surface area contributed by atoms with Crippen molar-refractivity contribution in [2.75, 3.05) is 6.61 Å². The lowest BCUT2D eigenvalue weighted by Gasteiger charge is -2.23. The summed E-state index contributed by atoms with van der Waals surface area (Å²) in [5.74, 6) is -0.884. The molecule has 0 bridgehead atoms. The fraction of sp³-hybridized carbons (Fsp3) is 0.375. The summed E-state index contributed by atoms with van der Waals surface area (Å²) >= 11 is 0. The molecule has 2 N–H and O–H groups in total. The highest BCUT2D eigenvalue weighted by molar-refractivity contribution is 5.68. The zero-order valence-corrected chi connectivity index (χ0v) is 17.3. The van der Waals surface area contributed by atoms with E-state index in [0.29, 0.717) is 6.42 Å². The first-order valence-corrected chi connectivity index (χ1v) is 9.82. The van der Waals surface area contributed by atoms with Gasteiger partial charge in [0.25, 0.3) is 0 Å². The van der Waals surface area contributed by atoms with Crippen molar-refractivity contribution in [1.29, 1.82) is 0 Å². The van der Waals surface area contributed by atoms with Crippen molar-refractivity contribution < 1.29 is 19.0 Å². The van der Waals surface area contributed by atoms with E-state index in [1.165, 1.54) is 6.08 Å². The van der Waals surface area contributed by atoms with Gasteiger partial charge in [0.2, 0.25) is 0 Å². The van der Waals surface area contributed by atoms with Gasteiger partial charge >= 0.3 is 6.09 Å². The molecule has 0 aromatic heterocycles. The Hall–Kier alpha value is -2.66. The molecule has 2 atom stereocenters. The predicted octanol–water partition coefficient (Wildman–Crippen LogP) is 4.83. The zero-order chi connectivity index (χ0) is 21.3. The number of alkyl carbamates (subject to hydrolysis) is 1. The van der Waals surface area contributed by atoms with Gasteiger partial charge in [-0.25, -0.2) is 9.18 Å². The van der Waals surface area contributed by atoms with Gasteiger partial charge in [0.1, 0.15) is 11.4 Å². The lowest BCUT2D eigenvalue weighted by molar-refractivity contribution is 0.0506. The topological polar surface area (TPSA) is 58.6 Å². The molecule has 0 aliphatic rings. The second kappa shape index (κ2) is 10.8. The summed E-state index contributed by atoms with van der Waals surface area (Å²) in [6.45, 7) is 5.08. The Balaban J connectivity index is 2.17. The Morgan fingerprint density at radius 3 is 2.03 bits per heavy atom. The summed E-state index contributed by atoms with van der Waals surface area (Å²) in [5.41, 5.74) is 1.22. The number of amides is 1. The molecule has 0 saturated carbocycles. The van der Waals surface area contributed by atoms with Gasteiger partial charge in [-0.15, -0.1) is 0 Å². The molecule has 4 nitrogen and oxygen atoms in total. The molecule has 0 aliphatic carbocycles. The van der Waals surface area contributed by atoms with Crippen LogP contribution in [0.1, 0.15) is 31.9 Å². The summed E-state index contributed by atoms with van der Waals surface area (Å²) in [7, 11) is 0. The number of carbonyl (C=O) groups excluding carboxylic acids is 1. The lowest BCUT2D eigenvalue weighted by atomic mass is 9.97. The first-order chi connectivity index (χ1) is 13.8. The molecule has 2 unspecified atom stereocenters. The van der Waals surface area contributed by atoms with Crippen molar-refractivity contribution in [2.45, 2.75) is 45.3 Å². The third-order valence-electron chi connectivity index (χ3n) is 4.28. The lowest BCUT2D eigenvalue weighted by Crippen LogP contribution is -2.41. The Morgan fingerprint density at radius 1 is 1.03 bits per heavy atom. The summed E-state index contributed by atoms with van der Waals surface area (Å²) in [6.07, 6.45) is 1.52. The third kappa shape index (κ3) is 8.48. The van der Waals surface area contributed by atoms with Crippen molar-refractivity contribution in [3.63, 3.8) is 0 Å². The maximum absolute atomic E-state index is 15.2. The Morgan fingerprint density at radius 2 is 1.55 bits per heavy atom. The van der Waals surface area contributed by atoms with Crippen LogP contribution in [0.4, 0.5) is 9.18 Å². The molecule has 0 heterocycles. The summed E-state index contributed by atoms with van der Waals surface area (Å²) in [5, 5.41) is 12.3. The fourth-order valence-electron chi connectivity index (χ4n) is 2.95. The largest absolute Gasteiger partial charge is 0.444 e. The molecular formula is C24H30FNO3. The van der Waals surface area contributed by atoms with Crippen LogP contribution in [0.15, 0.2) is 72.6 Å². The number of hydrogen-bond donors (Lipinski definition) is 2. The first-order valence-electron chi connectivity index (χ1n) is 9.82. The summed E-state index contributed by atoms with van der Waals surface area (Å²) in [6, 6.07) is 18.1. The highest BCUT2D eigenvalue weighted by Crippen LogP contribution is 2.18. The van der Waals surface area contributed by atoms with Gasteiger partial charge < -0.3 is 15.2 Å². The molecule has 1 amide bonds. The molecule has 2 aromatic rings. The molecule has 0 fully saturated rings. The number of carbonyl (C=O) groups is 1. The minimum absolute atomic E-state index is 0.188. The Labute approximate surface area is 172 Å². The van der Waals surface area contributed by atoms with Crippen LogP contribution in [-0.2, 0) is 17.6 Å². The van der Waals surface area contributed by atoms with Crippen molar-refractivity contribution in [3.8, 4) is 0 Å². The highest BCUT2D eigenvalue weighted by Gasteiger charge is 2.23. The Kier molecular flexibility index (Phi) is 8.40. The number of aliphatic hydroxyl groups excluding tert-OH is 1. The average molecular weight is 400 g/mol. The van der Waals surface area contributed by atoms with E-state index >= 15 is 4.39 Å². The number of aliphatic hydroxyl groups is 1. The summed E-state index contributed by atoms with van der Waals surface area (Å²) in [4.78, 5) is 12.2. The van der Waals surface area contributed by atoms with Crippen LogP contribution in [0.3, 0.4) is 0 Å². The van der Waals surface area contributed by atoms with Crippen molar-refractivity contribution in [3.05, 3.63) is 83.7 Å². The molecule has 0 radical (unpaired) electrons. The van der Waals surface area contributed by atoms with Crippen LogP contribution >= 0.6 is 0 Å². The van der Waals surface area contributed by atoms with Crippen LogP contribution in [0.25, 0.3) is 0 Å². The molecule has 0 aliphatic heterocycles. The molecule has 0 saturated heterocycles.